The Balaban J connectivity index is 1.94. The molecule has 1 atom stereocenters. The summed E-state index contributed by atoms with van der Waals surface area (Å²) in [6.07, 6.45) is 5.47. The highest BCUT2D eigenvalue weighted by Crippen LogP contribution is 2.50. The summed E-state index contributed by atoms with van der Waals surface area (Å²) in [5.41, 5.74) is -0.417. The number of hydrogen-bond acceptors (Lipinski definition) is 2. The number of thiophene rings is 1. The van der Waals surface area contributed by atoms with E-state index in [4.69, 9.17) is 11.2 Å². The van der Waals surface area contributed by atoms with Crippen LogP contribution in [0.2, 0.25) is 0 Å². The highest BCUT2D eigenvalue weighted by Gasteiger charge is 2.27. The Morgan fingerprint density at radius 1 is 1.00 bits per heavy atom. The third kappa shape index (κ3) is 3.90. The van der Waals surface area contributed by atoms with E-state index in [-0.39, 0.29) is 10.5 Å². The van der Waals surface area contributed by atoms with Crippen molar-refractivity contribution in [3.63, 3.8) is 0 Å². The number of halogens is 2. The fraction of sp³-hybridized carbons (Fsp3) is 0.125. The van der Waals surface area contributed by atoms with Gasteiger partial charge >= 0.3 is 5.97 Å². The molecule has 0 bridgehead atoms. The summed E-state index contributed by atoms with van der Waals surface area (Å²) < 4.78 is 10.5. The van der Waals surface area contributed by atoms with E-state index in [1.54, 1.807) is 13.8 Å². The Morgan fingerprint density at radius 3 is 2.45 bits per heavy atom. The van der Waals surface area contributed by atoms with Crippen LogP contribution < -0.4 is 0 Å². The summed E-state index contributed by atoms with van der Waals surface area (Å²) in [6.45, 7) is 3.42. The molecule has 0 saturated carbocycles. The van der Waals surface area contributed by atoms with Crippen LogP contribution in [0.3, 0.4) is 0 Å². The molecule has 0 N–H and O–H groups in total. The van der Waals surface area contributed by atoms with Crippen molar-refractivity contribution in [1.82, 2.24) is 0 Å². The highest BCUT2D eigenvalue weighted by atomic mass is 127. The van der Waals surface area contributed by atoms with Gasteiger partial charge in [-0.05, 0) is 101 Å². The minimum atomic E-state index is -0.935. The van der Waals surface area contributed by atoms with Crippen molar-refractivity contribution in [3.05, 3.63) is 73.4 Å². The van der Waals surface area contributed by atoms with Crippen molar-refractivity contribution in [3.8, 4) is 17.2 Å². The maximum Gasteiger partial charge on any atom is 0.339 e. The van der Waals surface area contributed by atoms with Crippen molar-refractivity contribution < 1.29 is 9.53 Å². The molecule has 1 unspecified atom stereocenters. The third-order valence-electron chi connectivity index (χ3n) is 4.64. The summed E-state index contributed by atoms with van der Waals surface area (Å²) >= 11 is 4.76. The van der Waals surface area contributed by atoms with Gasteiger partial charge in [0.05, 0.1) is 9.13 Å². The van der Waals surface area contributed by atoms with Gasteiger partial charge in [0, 0.05) is 30.9 Å². The average Bonchev–Trinajstić information content (AvgIpc) is 3.01. The van der Waals surface area contributed by atoms with E-state index in [0.717, 1.165) is 5.39 Å². The molecule has 29 heavy (non-hydrogen) atoms. The van der Waals surface area contributed by atoms with Crippen molar-refractivity contribution in [2.45, 2.75) is 19.4 Å². The van der Waals surface area contributed by atoms with E-state index >= 15 is 0 Å². The number of benzene rings is 3. The standard InChI is InChI=1S/C24H17I2O2S/c1-4-24(2,3)28-23(27)15-9-11-21-18(13-15)17-7-5-6-8-20(17)29(21)22-12-10-16(25)14-19(22)26/h1,5-14H,2-3H3/q+1. The summed E-state index contributed by atoms with van der Waals surface area (Å²) in [6, 6.07) is 20.9. The fourth-order valence-corrected chi connectivity index (χ4v) is 7.87. The molecule has 0 aliphatic carbocycles. The Bertz CT molecular complexity index is 1310. The Hall–Kier alpha value is -1.63. The predicted molar refractivity (Wildman–Crippen MR) is 139 cm³/mol. The first kappa shape index (κ1) is 20.6. The number of fused-ring (bicyclic) bond motifs is 3. The summed E-state index contributed by atoms with van der Waals surface area (Å²) in [5.74, 6) is 2.11. The highest BCUT2D eigenvalue weighted by molar-refractivity contribution is 14.1. The number of esters is 1. The van der Waals surface area contributed by atoms with Gasteiger partial charge in [0.2, 0.25) is 0 Å². The van der Waals surface area contributed by atoms with Crippen LogP contribution in [0.1, 0.15) is 24.2 Å². The largest absolute Gasteiger partial charge is 0.443 e. The molecule has 1 aromatic heterocycles. The minimum absolute atomic E-state index is 0.198. The molecular formula is C24H17I2O2S+. The molecule has 4 rings (SSSR count). The van der Waals surface area contributed by atoms with Crippen LogP contribution in [0, 0.1) is 19.5 Å². The molecule has 0 radical (unpaired) electrons. The molecule has 0 spiro atoms. The molecule has 0 aliphatic heterocycles. The van der Waals surface area contributed by atoms with Gasteiger partial charge < -0.3 is 4.74 Å². The predicted octanol–water partition coefficient (Wildman–Crippen LogP) is 7.51. The quantitative estimate of drug-likeness (QED) is 0.102. The van der Waals surface area contributed by atoms with Crippen LogP contribution in [0.4, 0.5) is 0 Å². The molecule has 0 fully saturated rings. The average molecular weight is 623 g/mol. The van der Waals surface area contributed by atoms with E-state index in [1.165, 1.54) is 26.8 Å². The SMILES string of the molecule is C#CC(C)(C)OC(=O)c1ccc2c(c1)c1ccccc1[s+]2-c1ccc(I)cc1I. The van der Waals surface area contributed by atoms with Gasteiger partial charge in [-0.1, -0.05) is 18.1 Å². The van der Waals surface area contributed by atoms with Crippen molar-refractivity contribution >= 4 is 81.8 Å². The summed E-state index contributed by atoms with van der Waals surface area (Å²) in [5, 5.41) is 2.26. The molecule has 5 heteroatoms. The number of ether oxygens (including phenoxy) is 1. The van der Waals surface area contributed by atoms with Crippen LogP contribution in [0.25, 0.3) is 25.1 Å². The number of carbonyl (C=O) groups excluding carboxylic acids is 1. The zero-order chi connectivity index (χ0) is 20.8. The molecule has 4 aromatic rings. The lowest BCUT2D eigenvalue weighted by molar-refractivity contribution is 0.0205. The molecular weight excluding hydrogens is 606 g/mol. The first-order valence-electron chi connectivity index (χ1n) is 8.94. The van der Waals surface area contributed by atoms with Crippen LogP contribution in [-0.2, 0) is 4.74 Å². The molecule has 0 amide bonds. The second-order valence-electron chi connectivity index (χ2n) is 7.13. The van der Waals surface area contributed by atoms with E-state index in [1.807, 2.05) is 18.2 Å². The lowest BCUT2D eigenvalue weighted by Crippen LogP contribution is -2.25. The first-order valence-corrected chi connectivity index (χ1v) is 12.3. The van der Waals surface area contributed by atoms with Gasteiger partial charge in [0.1, 0.15) is 0 Å². The smallest absolute Gasteiger partial charge is 0.339 e. The summed E-state index contributed by atoms with van der Waals surface area (Å²) in [7, 11) is -0.198. The fourth-order valence-electron chi connectivity index (χ4n) is 3.23. The zero-order valence-corrected chi connectivity index (χ0v) is 21.0. The van der Waals surface area contributed by atoms with Gasteiger partial charge in [-0.2, -0.15) is 0 Å². The topological polar surface area (TPSA) is 26.3 Å². The normalized spacial score (nSPS) is 12.2. The van der Waals surface area contributed by atoms with E-state index in [2.05, 4.69) is 93.6 Å². The van der Waals surface area contributed by atoms with Crippen molar-refractivity contribution in [2.24, 2.45) is 0 Å². The Kier molecular flexibility index (Phi) is 5.62. The van der Waals surface area contributed by atoms with E-state index < -0.39 is 11.6 Å². The van der Waals surface area contributed by atoms with Crippen molar-refractivity contribution in [1.29, 1.82) is 0 Å². The van der Waals surface area contributed by atoms with Gasteiger partial charge in [0.15, 0.2) is 19.9 Å². The molecule has 1 heterocycles. The molecule has 0 aliphatic rings. The van der Waals surface area contributed by atoms with Crippen molar-refractivity contribution in [2.75, 3.05) is 0 Å². The first-order chi connectivity index (χ1) is 13.8. The molecule has 0 saturated heterocycles. The Morgan fingerprint density at radius 2 is 1.72 bits per heavy atom. The molecule has 2 nitrogen and oxygen atoms in total. The molecule has 3 aromatic carbocycles. The van der Waals surface area contributed by atoms with Crippen LogP contribution in [0.15, 0.2) is 60.7 Å². The minimum Gasteiger partial charge on any atom is -0.443 e. The van der Waals surface area contributed by atoms with E-state index in [0.29, 0.717) is 5.56 Å². The van der Waals surface area contributed by atoms with Gasteiger partial charge in [0.25, 0.3) is 0 Å². The number of rotatable bonds is 3. The summed E-state index contributed by atoms with van der Waals surface area (Å²) in [4.78, 5) is 14.0. The second kappa shape index (κ2) is 7.89. The maximum absolute atomic E-state index is 12.7. The lowest BCUT2D eigenvalue weighted by Gasteiger charge is -2.18. The Labute approximate surface area is 199 Å². The second-order valence-corrected chi connectivity index (χ2v) is 11.5. The lowest BCUT2D eigenvalue weighted by atomic mass is 10.1. The number of hydrogen-bond donors (Lipinski definition) is 0. The van der Waals surface area contributed by atoms with Crippen LogP contribution >= 0.6 is 55.7 Å². The van der Waals surface area contributed by atoms with Gasteiger partial charge in [-0.15, -0.1) is 6.42 Å². The zero-order valence-electron chi connectivity index (χ0n) is 15.8. The van der Waals surface area contributed by atoms with Crippen LogP contribution in [-0.4, -0.2) is 11.6 Å². The van der Waals surface area contributed by atoms with Gasteiger partial charge in [-0.3, -0.25) is 0 Å². The third-order valence-corrected chi connectivity index (χ3v) is 8.96. The number of carbonyl (C=O) groups is 1. The molecule has 144 valence electrons. The monoisotopic (exact) mass is 623 g/mol. The van der Waals surface area contributed by atoms with Gasteiger partial charge in [-0.25, -0.2) is 4.79 Å². The van der Waals surface area contributed by atoms with Crippen LogP contribution in [0.5, 0.6) is 0 Å². The van der Waals surface area contributed by atoms with E-state index in [9.17, 15) is 4.79 Å². The number of terminal acetylenes is 1. The maximum atomic E-state index is 12.7.